The Labute approximate surface area is 147 Å². The van der Waals surface area contributed by atoms with Crippen LogP contribution in [0.1, 0.15) is 5.56 Å². The smallest absolute Gasteiger partial charge is 0.279 e. The van der Waals surface area contributed by atoms with Gasteiger partial charge < -0.3 is 29.7 Å². The predicted molar refractivity (Wildman–Crippen MR) is 91.1 cm³/mol. The van der Waals surface area contributed by atoms with Gasteiger partial charge in [-0.1, -0.05) is 0 Å². The largest absolute Gasteiger partial charge is 0.493 e. The molecule has 1 aliphatic heterocycles. The molecule has 8 nitrogen and oxygen atoms in total. The summed E-state index contributed by atoms with van der Waals surface area (Å²) in [6.45, 7) is 4.98. The molecule has 1 amide bonds. The van der Waals surface area contributed by atoms with Gasteiger partial charge in [0.25, 0.3) is 5.91 Å². The second-order valence-corrected chi connectivity index (χ2v) is 6.06. The summed E-state index contributed by atoms with van der Waals surface area (Å²) in [5.74, 6) is 0.778. The number of nitrogens with zero attached hydrogens (tertiary/aromatic N) is 1. The van der Waals surface area contributed by atoms with E-state index in [1.807, 2.05) is 0 Å². The first kappa shape index (κ1) is 19.0. The summed E-state index contributed by atoms with van der Waals surface area (Å²) < 4.78 is 10.4. The third-order valence-corrected chi connectivity index (χ3v) is 4.46. The lowest BCUT2D eigenvalue weighted by Crippen LogP contribution is -3.28. The van der Waals surface area contributed by atoms with E-state index in [9.17, 15) is 10.1 Å². The van der Waals surface area contributed by atoms with Crippen LogP contribution in [-0.4, -0.2) is 71.1 Å². The third kappa shape index (κ3) is 5.06. The van der Waals surface area contributed by atoms with E-state index in [1.54, 1.807) is 12.1 Å². The van der Waals surface area contributed by atoms with Crippen molar-refractivity contribution in [1.82, 2.24) is 0 Å². The number of piperazine rings is 1. The van der Waals surface area contributed by atoms with Crippen molar-refractivity contribution in [3.8, 4) is 17.6 Å². The molecule has 1 fully saturated rings. The van der Waals surface area contributed by atoms with Crippen LogP contribution in [0.4, 0.5) is 5.69 Å². The van der Waals surface area contributed by atoms with E-state index < -0.39 is 0 Å². The predicted octanol–water partition coefficient (Wildman–Crippen LogP) is -2.71. The molecular weight excluding hydrogens is 324 g/mol. The lowest BCUT2D eigenvalue weighted by molar-refractivity contribution is -1.01. The summed E-state index contributed by atoms with van der Waals surface area (Å²) in [5, 5.41) is 21.1. The van der Waals surface area contributed by atoms with Gasteiger partial charge in [0.1, 0.15) is 38.8 Å². The van der Waals surface area contributed by atoms with E-state index in [4.69, 9.17) is 14.6 Å². The number of benzene rings is 1. The number of hydrogen-bond donors (Lipinski definition) is 4. The molecule has 0 radical (unpaired) electrons. The van der Waals surface area contributed by atoms with Gasteiger partial charge in [-0.05, 0) is 0 Å². The number of carbonyl (C=O) groups is 1. The summed E-state index contributed by atoms with van der Waals surface area (Å²) in [5.41, 5.74) is 0.757. The van der Waals surface area contributed by atoms with Crippen molar-refractivity contribution in [3.05, 3.63) is 17.7 Å². The van der Waals surface area contributed by atoms with Crippen molar-refractivity contribution in [1.29, 1.82) is 5.26 Å². The number of hydrogen-bond acceptors (Lipinski definition) is 5. The summed E-state index contributed by atoms with van der Waals surface area (Å²) >= 11 is 0. The molecule has 0 aliphatic carbocycles. The monoisotopic (exact) mass is 350 g/mol. The van der Waals surface area contributed by atoms with Crippen molar-refractivity contribution in [3.63, 3.8) is 0 Å². The Hall–Kier alpha value is -2.34. The summed E-state index contributed by atoms with van der Waals surface area (Å²) in [7, 11) is 3.01. The molecule has 0 spiro atoms. The van der Waals surface area contributed by atoms with Gasteiger partial charge in [0.05, 0.1) is 32.1 Å². The maximum Gasteiger partial charge on any atom is 0.279 e. The van der Waals surface area contributed by atoms with Crippen molar-refractivity contribution in [2.24, 2.45) is 0 Å². The van der Waals surface area contributed by atoms with Crippen LogP contribution in [0, 0.1) is 11.3 Å². The number of anilines is 1. The highest BCUT2D eigenvalue weighted by atomic mass is 16.5. The zero-order valence-corrected chi connectivity index (χ0v) is 14.7. The van der Waals surface area contributed by atoms with Gasteiger partial charge in [0.15, 0.2) is 18.0 Å². The Balaban J connectivity index is 1.98. The number of amides is 1. The van der Waals surface area contributed by atoms with E-state index in [-0.39, 0.29) is 12.5 Å². The minimum absolute atomic E-state index is 0.135. The molecule has 2 rings (SSSR count). The lowest BCUT2D eigenvalue weighted by atomic mass is 10.1. The number of methoxy groups -OCH3 is 2. The molecule has 1 saturated heterocycles. The Kier molecular flexibility index (Phi) is 7.01. The SMILES string of the molecule is COc1cc(C#N)c(NC(=O)C[NH+]2CC[NH+](CCO)CC2)cc1OC. The molecule has 0 unspecified atom stereocenters. The number of aliphatic hydroxyl groups is 1. The highest BCUT2D eigenvalue weighted by molar-refractivity contribution is 5.93. The number of ether oxygens (including phenoxy) is 2. The highest BCUT2D eigenvalue weighted by Crippen LogP contribution is 2.32. The molecule has 0 aromatic heterocycles. The first-order valence-corrected chi connectivity index (χ1v) is 8.35. The van der Waals surface area contributed by atoms with Crippen LogP contribution in [0.25, 0.3) is 0 Å². The average molecular weight is 350 g/mol. The Morgan fingerprint density at radius 3 is 2.36 bits per heavy atom. The fraction of sp³-hybridized carbons (Fsp3) is 0.529. The molecule has 1 heterocycles. The maximum atomic E-state index is 12.3. The summed E-state index contributed by atoms with van der Waals surface area (Å²) in [4.78, 5) is 14.9. The van der Waals surface area contributed by atoms with Crippen molar-refractivity contribution in [2.45, 2.75) is 0 Å². The fourth-order valence-electron chi connectivity index (χ4n) is 3.04. The second kappa shape index (κ2) is 9.22. The first-order valence-electron chi connectivity index (χ1n) is 8.35. The Bertz CT molecular complexity index is 636. The van der Waals surface area contributed by atoms with Gasteiger partial charge in [0, 0.05) is 12.1 Å². The van der Waals surface area contributed by atoms with E-state index in [0.29, 0.717) is 29.3 Å². The maximum absolute atomic E-state index is 12.3. The summed E-state index contributed by atoms with van der Waals surface area (Å²) in [6.07, 6.45) is 0. The van der Waals surface area contributed by atoms with Crippen LogP contribution in [-0.2, 0) is 4.79 Å². The van der Waals surface area contributed by atoms with Crippen LogP contribution in [0.5, 0.6) is 11.5 Å². The molecule has 0 bridgehead atoms. The van der Waals surface area contributed by atoms with Crippen LogP contribution >= 0.6 is 0 Å². The lowest BCUT2D eigenvalue weighted by Gasteiger charge is -2.28. The molecule has 4 N–H and O–H groups in total. The molecule has 136 valence electrons. The molecule has 1 aliphatic rings. The molecule has 1 aromatic rings. The van der Waals surface area contributed by atoms with E-state index in [2.05, 4.69) is 11.4 Å². The van der Waals surface area contributed by atoms with Gasteiger partial charge in [-0.2, -0.15) is 5.26 Å². The van der Waals surface area contributed by atoms with E-state index >= 15 is 0 Å². The van der Waals surface area contributed by atoms with Gasteiger partial charge in [0.2, 0.25) is 0 Å². The molecule has 1 aromatic carbocycles. The van der Waals surface area contributed by atoms with Crippen LogP contribution in [0.3, 0.4) is 0 Å². The molecule has 25 heavy (non-hydrogen) atoms. The highest BCUT2D eigenvalue weighted by Gasteiger charge is 2.24. The average Bonchev–Trinajstić information content (AvgIpc) is 2.63. The zero-order chi connectivity index (χ0) is 18.2. The number of aliphatic hydroxyl groups excluding tert-OH is 1. The van der Waals surface area contributed by atoms with Crippen LogP contribution in [0.15, 0.2) is 12.1 Å². The van der Waals surface area contributed by atoms with Gasteiger partial charge >= 0.3 is 0 Å². The standard InChI is InChI=1S/C17H24N4O4/c1-24-15-9-13(11-18)14(10-16(15)25-2)19-17(23)12-21-5-3-20(4-6-21)7-8-22/h9-10,22H,3-8,12H2,1-2H3,(H,19,23)/p+2. The number of nitriles is 1. The van der Waals surface area contributed by atoms with Crippen molar-refractivity contribution < 1.29 is 29.2 Å². The van der Waals surface area contributed by atoms with E-state index in [1.165, 1.54) is 24.0 Å². The third-order valence-electron chi connectivity index (χ3n) is 4.46. The number of nitrogens with one attached hydrogen (secondary N) is 3. The number of rotatable bonds is 7. The minimum atomic E-state index is -0.135. The number of quaternary nitrogens is 2. The van der Waals surface area contributed by atoms with Crippen LogP contribution < -0.4 is 24.6 Å². The fourth-order valence-corrected chi connectivity index (χ4v) is 3.04. The van der Waals surface area contributed by atoms with Gasteiger partial charge in [-0.25, -0.2) is 0 Å². The molecule has 0 saturated carbocycles. The zero-order valence-electron chi connectivity index (χ0n) is 14.7. The van der Waals surface area contributed by atoms with Crippen molar-refractivity contribution >= 4 is 11.6 Å². The first-order chi connectivity index (χ1) is 12.1. The number of carbonyl (C=O) groups excluding carboxylic acids is 1. The minimum Gasteiger partial charge on any atom is -0.493 e. The Morgan fingerprint density at radius 2 is 1.80 bits per heavy atom. The van der Waals surface area contributed by atoms with E-state index in [0.717, 1.165) is 32.7 Å². The normalized spacial score (nSPS) is 19.8. The van der Waals surface area contributed by atoms with Crippen LogP contribution in [0.2, 0.25) is 0 Å². The molecular formula is C17H26N4O4+2. The second-order valence-electron chi connectivity index (χ2n) is 6.06. The van der Waals surface area contributed by atoms with Crippen molar-refractivity contribution in [2.75, 3.05) is 65.4 Å². The summed E-state index contributed by atoms with van der Waals surface area (Å²) in [6, 6.07) is 5.23. The quantitative estimate of drug-likeness (QED) is 0.429. The Morgan fingerprint density at radius 1 is 1.20 bits per heavy atom. The molecule has 8 heteroatoms. The van der Waals surface area contributed by atoms with Gasteiger partial charge in [-0.15, -0.1) is 0 Å². The molecule has 0 atom stereocenters. The topological polar surface area (TPSA) is 100 Å². The van der Waals surface area contributed by atoms with Gasteiger partial charge in [-0.3, -0.25) is 4.79 Å².